The number of nitrogens with zero attached hydrogens (tertiary/aromatic N) is 3. The molecule has 0 saturated carbocycles. The zero-order valence-corrected chi connectivity index (χ0v) is 13.5. The third-order valence-electron chi connectivity index (χ3n) is 3.92. The van der Waals surface area contributed by atoms with E-state index in [1.165, 1.54) is 11.3 Å². The quantitative estimate of drug-likeness (QED) is 0.800. The van der Waals surface area contributed by atoms with Crippen LogP contribution in [0.5, 0.6) is 0 Å². The molecule has 2 heterocycles. The van der Waals surface area contributed by atoms with E-state index in [1.54, 1.807) is 4.90 Å². The summed E-state index contributed by atoms with van der Waals surface area (Å²) in [4.78, 5) is 20.7. The van der Waals surface area contributed by atoms with Crippen molar-refractivity contribution in [1.82, 2.24) is 9.88 Å². The molecular formula is C17H23N3O2. The van der Waals surface area contributed by atoms with Crippen molar-refractivity contribution in [2.75, 3.05) is 31.1 Å². The molecule has 0 aromatic carbocycles. The van der Waals surface area contributed by atoms with Crippen molar-refractivity contribution in [3.63, 3.8) is 0 Å². The fourth-order valence-electron chi connectivity index (χ4n) is 2.87. The van der Waals surface area contributed by atoms with Gasteiger partial charge in [0.2, 0.25) is 0 Å². The molecular weight excluding hydrogens is 278 g/mol. The SMILES string of the molecule is CC(C)(C)OC(=O)N1CCN(c2ccnc3c2C=CC3)CC1. The molecule has 1 fully saturated rings. The highest BCUT2D eigenvalue weighted by Gasteiger charge is 2.27. The Hall–Kier alpha value is -2.04. The zero-order valence-electron chi connectivity index (χ0n) is 13.5. The Morgan fingerprint density at radius 3 is 2.64 bits per heavy atom. The number of hydrogen-bond donors (Lipinski definition) is 0. The Morgan fingerprint density at radius 1 is 1.23 bits per heavy atom. The summed E-state index contributed by atoms with van der Waals surface area (Å²) in [7, 11) is 0. The van der Waals surface area contributed by atoms with Gasteiger partial charge in [0.15, 0.2) is 0 Å². The van der Waals surface area contributed by atoms with Crippen LogP contribution in [0.25, 0.3) is 6.08 Å². The Bertz CT molecular complexity index is 596. The fourth-order valence-corrected chi connectivity index (χ4v) is 2.87. The molecule has 0 spiro atoms. The van der Waals surface area contributed by atoms with E-state index in [0.29, 0.717) is 13.1 Å². The molecule has 2 aliphatic rings. The van der Waals surface area contributed by atoms with Gasteiger partial charge >= 0.3 is 6.09 Å². The Labute approximate surface area is 131 Å². The second-order valence-electron chi connectivity index (χ2n) is 6.75. The molecule has 1 aliphatic carbocycles. The zero-order chi connectivity index (χ0) is 15.7. The molecule has 1 aliphatic heterocycles. The predicted molar refractivity (Wildman–Crippen MR) is 87.0 cm³/mol. The second-order valence-corrected chi connectivity index (χ2v) is 6.75. The van der Waals surface area contributed by atoms with E-state index < -0.39 is 5.60 Å². The number of allylic oxidation sites excluding steroid dienone is 1. The van der Waals surface area contributed by atoms with Gasteiger partial charge in [-0.3, -0.25) is 4.98 Å². The molecule has 0 N–H and O–H groups in total. The van der Waals surface area contributed by atoms with Crippen molar-refractivity contribution in [3.05, 3.63) is 29.6 Å². The van der Waals surface area contributed by atoms with Crippen molar-refractivity contribution in [2.24, 2.45) is 0 Å². The summed E-state index contributed by atoms with van der Waals surface area (Å²) in [5.74, 6) is 0. The number of piperazine rings is 1. The molecule has 5 nitrogen and oxygen atoms in total. The van der Waals surface area contributed by atoms with E-state index in [-0.39, 0.29) is 6.09 Å². The number of ether oxygens (including phenoxy) is 1. The Balaban J connectivity index is 1.64. The van der Waals surface area contributed by atoms with E-state index >= 15 is 0 Å². The molecule has 1 saturated heterocycles. The van der Waals surface area contributed by atoms with Gasteiger partial charge in [-0.1, -0.05) is 12.2 Å². The lowest BCUT2D eigenvalue weighted by Gasteiger charge is -2.37. The summed E-state index contributed by atoms with van der Waals surface area (Å²) < 4.78 is 5.44. The normalized spacial score (nSPS) is 17.6. The first-order valence-corrected chi connectivity index (χ1v) is 7.81. The largest absolute Gasteiger partial charge is 0.444 e. The molecule has 1 amide bonds. The third-order valence-corrected chi connectivity index (χ3v) is 3.92. The van der Waals surface area contributed by atoms with Gasteiger partial charge in [-0.15, -0.1) is 0 Å². The highest BCUT2D eigenvalue weighted by molar-refractivity contribution is 5.73. The van der Waals surface area contributed by atoms with Crippen LogP contribution < -0.4 is 4.90 Å². The minimum absolute atomic E-state index is 0.216. The second kappa shape index (κ2) is 5.63. The molecule has 1 aromatic heterocycles. The summed E-state index contributed by atoms with van der Waals surface area (Å²) in [6.07, 6.45) is 6.88. The number of rotatable bonds is 1. The minimum Gasteiger partial charge on any atom is -0.444 e. The Morgan fingerprint density at radius 2 is 1.95 bits per heavy atom. The first-order valence-electron chi connectivity index (χ1n) is 7.81. The van der Waals surface area contributed by atoms with Crippen molar-refractivity contribution < 1.29 is 9.53 Å². The molecule has 0 unspecified atom stereocenters. The van der Waals surface area contributed by atoms with Crippen LogP contribution in [-0.4, -0.2) is 47.8 Å². The number of hydrogen-bond acceptors (Lipinski definition) is 4. The number of carbonyl (C=O) groups excluding carboxylic acids is 1. The molecule has 0 bridgehead atoms. The van der Waals surface area contributed by atoms with Gasteiger partial charge in [-0.2, -0.15) is 0 Å². The van der Waals surface area contributed by atoms with E-state index in [1.807, 2.05) is 27.0 Å². The van der Waals surface area contributed by atoms with Crippen LogP contribution >= 0.6 is 0 Å². The van der Waals surface area contributed by atoms with Crippen molar-refractivity contribution in [1.29, 1.82) is 0 Å². The molecule has 22 heavy (non-hydrogen) atoms. The molecule has 3 rings (SSSR count). The maximum Gasteiger partial charge on any atom is 0.410 e. The van der Waals surface area contributed by atoms with Crippen molar-refractivity contribution in [2.45, 2.75) is 32.8 Å². The van der Waals surface area contributed by atoms with Crippen LogP contribution in [0, 0.1) is 0 Å². The van der Waals surface area contributed by atoms with E-state index in [0.717, 1.165) is 25.2 Å². The highest BCUT2D eigenvalue weighted by Crippen LogP contribution is 2.29. The lowest BCUT2D eigenvalue weighted by molar-refractivity contribution is 0.0240. The summed E-state index contributed by atoms with van der Waals surface area (Å²) in [6.45, 7) is 8.72. The monoisotopic (exact) mass is 301 g/mol. The third kappa shape index (κ3) is 3.08. The summed E-state index contributed by atoms with van der Waals surface area (Å²) in [6, 6.07) is 2.07. The number of carbonyl (C=O) groups is 1. The van der Waals surface area contributed by atoms with Gasteiger partial charge in [0.1, 0.15) is 5.60 Å². The molecule has 118 valence electrons. The van der Waals surface area contributed by atoms with Gasteiger partial charge in [-0.25, -0.2) is 4.79 Å². The average Bonchev–Trinajstić information content (AvgIpc) is 2.94. The number of amides is 1. The maximum atomic E-state index is 12.1. The lowest BCUT2D eigenvalue weighted by atomic mass is 10.1. The van der Waals surface area contributed by atoms with Gasteiger partial charge < -0.3 is 14.5 Å². The van der Waals surface area contributed by atoms with Gasteiger partial charge in [0.05, 0.1) is 5.69 Å². The smallest absolute Gasteiger partial charge is 0.410 e. The minimum atomic E-state index is -0.440. The van der Waals surface area contributed by atoms with Crippen LogP contribution in [0.4, 0.5) is 10.5 Å². The predicted octanol–water partition coefficient (Wildman–Crippen LogP) is 2.71. The Kier molecular flexibility index (Phi) is 3.81. The lowest BCUT2D eigenvalue weighted by Crippen LogP contribution is -2.50. The number of pyridine rings is 1. The first kappa shape index (κ1) is 14.9. The summed E-state index contributed by atoms with van der Waals surface area (Å²) >= 11 is 0. The molecule has 0 atom stereocenters. The molecule has 1 aromatic rings. The average molecular weight is 301 g/mol. The van der Waals surface area contributed by atoms with Gasteiger partial charge in [-0.05, 0) is 26.8 Å². The van der Waals surface area contributed by atoms with E-state index in [4.69, 9.17) is 4.74 Å². The number of anilines is 1. The summed E-state index contributed by atoms with van der Waals surface area (Å²) in [5.41, 5.74) is 3.16. The van der Waals surface area contributed by atoms with Crippen molar-refractivity contribution in [3.8, 4) is 0 Å². The fraction of sp³-hybridized carbons (Fsp3) is 0.529. The molecule has 5 heteroatoms. The topological polar surface area (TPSA) is 45.7 Å². The van der Waals surface area contributed by atoms with Crippen LogP contribution in [-0.2, 0) is 11.2 Å². The number of aromatic nitrogens is 1. The molecule has 0 radical (unpaired) electrons. The number of fused-ring (bicyclic) bond motifs is 1. The van der Waals surface area contributed by atoms with Crippen LogP contribution in [0.1, 0.15) is 32.0 Å². The first-order chi connectivity index (χ1) is 10.4. The van der Waals surface area contributed by atoms with Crippen LogP contribution in [0.3, 0.4) is 0 Å². The van der Waals surface area contributed by atoms with E-state index in [9.17, 15) is 4.79 Å². The maximum absolute atomic E-state index is 12.1. The summed E-state index contributed by atoms with van der Waals surface area (Å²) in [5, 5.41) is 0. The van der Waals surface area contributed by atoms with Gasteiger partial charge in [0.25, 0.3) is 0 Å². The highest BCUT2D eigenvalue weighted by atomic mass is 16.6. The van der Waals surface area contributed by atoms with Crippen LogP contribution in [0.2, 0.25) is 0 Å². The standard InChI is InChI=1S/C17H23N3O2/c1-17(2,3)22-16(21)20-11-9-19(10-12-20)15-7-8-18-14-6-4-5-13(14)15/h4-5,7-8H,6,9-12H2,1-3H3. The van der Waals surface area contributed by atoms with Gasteiger partial charge in [0, 0.05) is 50.0 Å². The van der Waals surface area contributed by atoms with Crippen LogP contribution in [0.15, 0.2) is 18.3 Å². The van der Waals surface area contributed by atoms with E-state index in [2.05, 4.69) is 28.1 Å². The van der Waals surface area contributed by atoms with Crippen molar-refractivity contribution >= 4 is 17.9 Å².